The molecule has 33 heavy (non-hydrogen) atoms. The Morgan fingerprint density at radius 3 is 2.24 bits per heavy atom. The fraction of sp³-hybridized carbons (Fsp3) is 0.160. The van der Waals surface area contributed by atoms with Gasteiger partial charge in [0.2, 0.25) is 0 Å². The first-order valence-corrected chi connectivity index (χ1v) is 11.7. The topological polar surface area (TPSA) is 82.2 Å². The maximum Gasteiger partial charge on any atom is 1.00 e. The van der Waals surface area contributed by atoms with Gasteiger partial charge in [-0.15, -0.1) is 0 Å². The van der Waals surface area contributed by atoms with Crippen molar-refractivity contribution in [2.45, 2.75) is 30.4 Å². The van der Waals surface area contributed by atoms with E-state index in [1.54, 1.807) is 47.4 Å². The van der Waals surface area contributed by atoms with Gasteiger partial charge in [0.25, 0.3) is 10.0 Å². The minimum atomic E-state index is -3.94. The number of aromatic nitrogens is 1. The van der Waals surface area contributed by atoms with Gasteiger partial charge in [0.1, 0.15) is 0 Å². The molecule has 4 aromatic rings. The summed E-state index contributed by atoms with van der Waals surface area (Å²) in [6, 6.07) is 23.6. The van der Waals surface area contributed by atoms with Gasteiger partial charge in [-0.25, -0.2) is 12.4 Å². The Balaban J connectivity index is 0.00000259. The van der Waals surface area contributed by atoms with E-state index in [0.717, 1.165) is 16.5 Å². The molecule has 1 aromatic heterocycles. The molecule has 1 aliphatic rings. The molecule has 1 fully saturated rings. The Morgan fingerprint density at radius 2 is 1.58 bits per heavy atom. The van der Waals surface area contributed by atoms with Crippen molar-refractivity contribution in [3.63, 3.8) is 0 Å². The van der Waals surface area contributed by atoms with Crippen LogP contribution in [-0.4, -0.2) is 29.3 Å². The van der Waals surface area contributed by atoms with E-state index in [1.807, 2.05) is 49.4 Å². The van der Waals surface area contributed by atoms with E-state index in [9.17, 15) is 18.3 Å². The van der Waals surface area contributed by atoms with Gasteiger partial charge in [-0.3, -0.25) is 4.90 Å². The van der Waals surface area contributed by atoms with E-state index in [4.69, 9.17) is 0 Å². The first-order valence-electron chi connectivity index (χ1n) is 10.3. The summed E-state index contributed by atoms with van der Waals surface area (Å²) in [5, 5.41) is 12.7. The second-order valence-corrected chi connectivity index (χ2v) is 9.86. The summed E-state index contributed by atoms with van der Waals surface area (Å²) in [4.78, 5) is 13.8. The third kappa shape index (κ3) is 4.27. The van der Waals surface area contributed by atoms with E-state index in [0.29, 0.717) is 17.8 Å². The largest absolute Gasteiger partial charge is 1.00 e. The third-order valence-corrected chi connectivity index (χ3v) is 7.69. The van der Waals surface area contributed by atoms with E-state index < -0.39 is 28.1 Å². The fourth-order valence-corrected chi connectivity index (χ4v) is 5.86. The third-order valence-electron chi connectivity index (χ3n) is 5.93. The second-order valence-electron chi connectivity index (χ2n) is 8.08. The molecule has 2 heterocycles. The monoisotopic (exact) mass is 468 g/mol. The van der Waals surface area contributed by atoms with Gasteiger partial charge in [-0.2, -0.15) is 0 Å². The molecule has 0 radical (unpaired) electrons. The minimum absolute atomic E-state index is 0. The smallest absolute Gasteiger partial charge is 0.548 e. The maximum absolute atomic E-state index is 13.7. The Labute approximate surface area is 214 Å². The van der Waals surface area contributed by atoms with Gasteiger partial charge in [-0.05, 0) is 36.8 Å². The van der Waals surface area contributed by atoms with Crippen LogP contribution < -0.4 is 34.7 Å². The van der Waals surface area contributed by atoms with Crippen molar-refractivity contribution >= 4 is 26.9 Å². The molecule has 0 aliphatic carbocycles. The normalized spacial score (nSPS) is 19.7. The first-order chi connectivity index (χ1) is 15.4. The SMILES string of the molecule is Cc1ccc(S(=O)(=O)n2c([C@@H]3[C@H](C(=O)[O-])N3Cc3ccccc3)cc3ccccc32)cc1.[Na+]. The van der Waals surface area contributed by atoms with Gasteiger partial charge in [-0.1, -0.05) is 66.2 Å². The van der Waals surface area contributed by atoms with E-state index in [-0.39, 0.29) is 34.5 Å². The van der Waals surface area contributed by atoms with Crippen LogP contribution in [-0.2, 0) is 21.4 Å². The van der Waals surface area contributed by atoms with Crippen LogP contribution in [0.2, 0.25) is 0 Å². The van der Waals surface area contributed by atoms with Gasteiger partial charge in [0, 0.05) is 11.9 Å². The van der Waals surface area contributed by atoms with E-state index in [1.165, 1.54) is 3.97 Å². The zero-order valence-corrected chi connectivity index (χ0v) is 21.2. The second kappa shape index (κ2) is 9.08. The molecular weight excluding hydrogens is 447 g/mol. The molecule has 1 unspecified atom stereocenters. The summed E-state index contributed by atoms with van der Waals surface area (Å²) in [7, 11) is -3.94. The molecule has 1 saturated heterocycles. The number of rotatable bonds is 6. The summed E-state index contributed by atoms with van der Waals surface area (Å²) in [5.41, 5.74) is 2.85. The van der Waals surface area contributed by atoms with Gasteiger partial charge in [0.05, 0.1) is 34.2 Å². The number of carboxylic acids is 1. The number of carbonyl (C=O) groups is 1. The van der Waals surface area contributed by atoms with Gasteiger partial charge >= 0.3 is 29.6 Å². The Kier molecular flexibility index (Phi) is 6.53. The van der Waals surface area contributed by atoms with Crippen LogP contribution in [0.3, 0.4) is 0 Å². The van der Waals surface area contributed by atoms with Crippen LogP contribution in [0, 0.1) is 6.92 Å². The summed E-state index contributed by atoms with van der Waals surface area (Å²) < 4.78 is 28.7. The van der Waals surface area contributed by atoms with Gasteiger partial charge in [0.15, 0.2) is 0 Å². The van der Waals surface area contributed by atoms with Crippen LogP contribution in [0.15, 0.2) is 89.8 Å². The number of fused-ring (bicyclic) bond motifs is 1. The van der Waals surface area contributed by atoms with E-state index in [2.05, 4.69) is 0 Å². The Hall–Kier alpha value is -2.42. The zero-order valence-electron chi connectivity index (χ0n) is 18.4. The molecule has 6 nitrogen and oxygen atoms in total. The number of benzene rings is 3. The number of para-hydroxylation sites is 1. The predicted molar refractivity (Wildman–Crippen MR) is 119 cm³/mol. The molecule has 8 heteroatoms. The van der Waals surface area contributed by atoms with Crippen molar-refractivity contribution < 1.29 is 47.9 Å². The van der Waals surface area contributed by atoms with Crippen LogP contribution in [0.5, 0.6) is 0 Å². The van der Waals surface area contributed by atoms with Crippen LogP contribution >= 0.6 is 0 Å². The quantitative estimate of drug-likeness (QED) is 0.291. The molecule has 0 saturated carbocycles. The number of carbonyl (C=O) groups excluding carboxylic acids is 1. The molecule has 3 aromatic carbocycles. The number of aryl methyl sites for hydroxylation is 1. The molecule has 0 spiro atoms. The van der Waals surface area contributed by atoms with Crippen molar-refractivity contribution in [1.82, 2.24) is 8.87 Å². The molecular formula is C25H21N2NaO4S. The number of hydrogen-bond donors (Lipinski definition) is 0. The summed E-state index contributed by atoms with van der Waals surface area (Å²) in [6.07, 6.45) is 0. The van der Waals surface area contributed by atoms with Crippen LogP contribution in [0.1, 0.15) is 22.9 Å². The summed E-state index contributed by atoms with van der Waals surface area (Å²) in [6.45, 7) is 2.28. The Morgan fingerprint density at radius 1 is 0.939 bits per heavy atom. The average molecular weight is 469 g/mol. The number of aliphatic carboxylic acids is 1. The average Bonchev–Trinajstić information content (AvgIpc) is 3.35. The number of hydrogen-bond acceptors (Lipinski definition) is 5. The van der Waals surface area contributed by atoms with Crippen molar-refractivity contribution in [3.05, 3.63) is 102 Å². The fourth-order valence-electron chi connectivity index (χ4n) is 4.30. The summed E-state index contributed by atoms with van der Waals surface area (Å²) >= 11 is 0. The Bertz CT molecular complexity index is 1420. The summed E-state index contributed by atoms with van der Waals surface area (Å²) in [5.74, 6) is -1.21. The van der Waals surface area contributed by atoms with Crippen LogP contribution in [0.4, 0.5) is 0 Å². The van der Waals surface area contributed by atoms with Crippen molar-refractivity contribution in [2.24, 2.45) is 0 Å². The van der Waals surface area contributed by atoms with Crippen molar-refractivity contribution in [3.8, 4) is 0 Å². The first kappa shape index (κ1) is 23.7. The van der Waals surface area contributed by atoms with Crippen LogP contribution in [0.25, 0.3) is 10.9 Å². The molecule has 162 valence electrons. The van der Waals surface area contributed by atoms with Crippen molar-refractivity contribution in [2.75, 3.05) is 0 Å². The number of carboxylic acid groups (broad SMARTS) is 1. The zero-order chi connectivity index (χ0) is 22.5. The maximum atomic E-state index is 13.7. The standard InChI is InChI=1S/C25H22N2O4S.Na/c1-17-11-13-20(14-12-17)32(30,31)27-21-10-6-5-9-19(21)15-22(27)23-24(25(28)29)26(23)16-18-7-3-2-4-8-18;/h2-15,23-24H,16H2,1H3,(H,28,29);/q;+1/p-1/t23-,24-,26?;/m1./s1. The molecule has 0 amide bonds. The van der Waals surface area contributed by atoms with Crippen molar-refractivity contribution in [1.29, 1.82) is 0 Å². The minimum Gasteiger partial charge on any atom is -0.548 e. The van der Waals surface area contributed by atoms with Gasteiger partial charge < -0.3 is 9.90 Å². The number of nitrogens with zero attached hydrogens (tertiary/aromatic N) is 2. The molecule has 3 atom stereocenters. The molecule has 0 N–H and O–H groups in total. The predicted octanol–water partition coefficient (Wildman–Crippen LogP) is -0.134. The molecule has 5 rings (SSSR count). The molecule has 0 bridgehead atoms. The molecule has 1 aliphatic heterocycles. The van der Waals surface area contributed by atoms with E-state index >= 15 is 0 Å².